The van der Waals surface area contributed by atoms with Gasteiger partial charge in [0.15, 0.2) is 0 Å². The zero-order chi connectivity index (χ0) is 13.1. The molecule has 2 heterocycles. The molecule has 98 valence electrons. The minimum Gasteiger partial charge on any atom is -0.391 e. The van der Waals surface area contributed by atoms with E-state index in [0.717, 1.165) is 25.2 Å². The molecule has 1 saturated heterocycles. The van der Waals surface area contributed by atoms with Crippen molar-refractivity contribution in [2.24, 2.45) is 0 Å². The van der Waals surface area contributed by atoms with Crippen LogP contribution in [0.3, 0.4) is 0 Å². The highest BCUT2D eigenvalue weighted by Crippen LogP contribution is 2.16. The molecule has 0 bridgehead atoms. The number of aliphatic hydroxyl groups is 1. The first kappa shape index (κ1) is 12.8. The quantitative estimate of drug-likeness (QED) is 0.840. The number of piperidine rings is 1. The van der Waals surface area contributed by atoms with Crippen LogP contribution < -0.4 is 4.90 Å². The summed E-state index contributed by atoms with van der Waals surface area (Å²) >= 11 is 0. The van der Waals surface area contributed by atoms with Crippen LogP contribution in [0.25, 0.3) is 0 Å². The largest absolute Gasteiger partial charge is 0.391 e. The second-order valence-corrected chi connectivity index (χ2v) is 4.84. The van der Waals surface area contributed by atoms with Gasteiger partial charge in [0, 0.05) is 38.9 Å². The Morgan fingerprint density at radius 3 is 3.00 bits per heavy atom. The summed E-state index contributed by atoms with van der Waals surface area (Å²) in [5, 5.41) is 9.60. The van der Waals surface area contributed by atoms with Gasteiger partial charge in [-0.3, -0.25) is 4.79 Å². The molecule has 0 saturated carbocycles. The van der Waals surface area contributed by atoms with Gasteiger partial charge in [-0.05, 0) is 25.0 Å². The van der Waals surface area contributed by atoms with Gasteiger partial charge in [-0.2, -0.15) is 0 Å². The molecule has 1 atom stereocenters. The lowest BCUT2D eigenvalue weighted by molar-refractivity contribution is 0.0473. The first-order chi connectivity index (χ1) is 8.58. The molecule has 1 aliphatic rings. The van der Waals surface area contributed by atoms with Gasteiger partial charge in [-0.1, -0.05) is 0 Å². The van der Waals surface area contributed by atoms with E-state index in [9.17, 15) is 9.90 Å². The number of likely N-dealkylation sites (tertiary alicyclic amines) is 1. The van der Waals surface area contributed by atoms with Crippen LogP contribution in [-0.2, 0) is 0 Å². The monoisotopic (exact) mass is 249 g/mol. The minimum atomic E-state index is -0.391. The summed E-state index contributed by atoms with van der Waals surface area (Å²) in [6.45, 7) is 1.15. The third-order valence-electron chi connectivity index (χ3n) is 3.13. The lowest BCUT2D eigenvalue weighted by Gasteiger charge is -2.30. The van der Waals surface area contributed by atoms with E-state index in [2.05, 4.69) is 4.98 Å². The lowest BCUT2D eigenvalue weighted by Crippen LogP contribution is -2.42. The molecule has 18 heavy (non-hydrogen) atoms. The van der Waals surface area contributed by atoms with Gasteiger partial charge in [-0.25, -0.2) is 4.98 Å². The number of β-amino-alcohol motifs (C(OH)–C–C–N with tert-alkyl or cyclic N) is 1. The number of carbonyl (C=O) groups excluding carboxylic acids is 1. The number of pyridine rings is 1. The summed E-state index contributed by atoms with van der Waals surface area (Å²) in [4.78, 5) is 20.0. The van der Waals surface area contributed by atoms with Crippen molar-refractivity contribution in [1.29, 1.82) is 0 Å². The number of aliphatic hydroxyl groups excluding tert-OH is 1. The number of anilines is 1. The Morgan fingerprint density at radius 1 is 1.56 bits per heavy atom. The van der Waals surface area contributed by atoms with Gasteiger partial charge >= 0.3 is 0 Å². The molecule has 2 rings (SSSR count). The van der Waals surface area contributed by atoms with Crippen LogP contribution in [0.2, 0.25) is 0 Å². The molecule has 1 aromatic heterocycles. The molecule has 1 aromatic rings. The summed E-state index contributed by atoms with van der Waals surface area (Å²) < 4.78 is 0. The Bertz CT molecular complexity index is 434. The van der Waals surface area contributed by atoms with E-state index in [1.807, 2.05) is 19.0 Å². The van der Waals surface area contributed by atoms with E-state index in [1.165, 1.54) is 0 Å². The summed E-state index contributed by atoms with van der Waals surface area (Å²) in [5.74, 6) is 0.734. The van der Waals surface area contributed by atoms with Crippen LogP contribution >= 0.6 is 0 Å². The third kappa shape index (κ3) is 2.79. The van der Waals surface area contributed by atoms with Crippen molar-refractivity contribution in [3.05, 3.63) is 23.9 Å². The number of hydrogen-bond acceptors (Lipinski definition) is 4. The van der Waals surface area contributed by atoms with Crippen molar-refractivity contribution < 1.29 is 9.90 Å². The van der Waals surface area contributed by atoms with E-state index in [0.29, 0.717) is 12.1 Å². The van der Waals surface area contributed by atoms with Crippen molar-refractivity contribution in [2.75, 3.05) is 32.1 Å². The molecule has 0 radical (unpaired) electrons. The fourth-order valence-electron chi connectivity index (χ4n) is 2.12. The molecule has 1 amide bonds. The van der Waals surface area contributed by atoms with Crippen molar-refractivity contribution in [3.8, 4) is 0 Å². The molecular formula is C13H19N3O2. The van der Waals surface area contributed by atoms with E-state index in [4.69, 9.17) is 0 Å². The van der Waals surface area contributed by atoms with Gasteiger partial charge in [0.05, 0.1) is 6.10 Å². The number of amides is 1. The molecule has 5 heteroatoms. The Hall–Kier alpha value is -1.62. The number of hydrogen-bond donors (Lipinski definition) is 1. The second-order valence-electron chi connectivity index (χ2n) is 4.84. The summed E-state index contributed by atoms with van der Waals surface area (Å²) in [5.41, 5.74) is 0.628. The molecule has 0 aliphatic carbocycles. The lowest BCUT2D eigenvalue weighted by atomic mass is 10.1. The first-order valence-corrected chi connectivity index (χ1v) is 6.18. The zero-order valence-electron chi connectivity index (χ0n) is 10.8. The van der Waals surface area contributed by atoms with Gasteiger partial charge in [0.1, 0.15) is 5.82 Å². The number of aromatic nitrogens is 1. The van der Waals surface area contributed by atoms with Gasteiger partial charge < -0.3 is 14.9 Å². The van der Waals surface area contributed by atoms with Crippen LogP contribution in [0.5, 0.6) is 0 Å². The van der Waals surface area contributed by atoms with Gasteiger partial charge in [-0.15, -0.1) is 0 Å². The highest BCUT2D eigenvalue weighted by Gasteiger charge is 2.23. The zero-order valence-corrected chi connectivity index (χ0v) is 10.8. The maximum atomic E-state index is 12.3. The summed E-state index contributed by atoms with van der Waals surface area (Å²) in [6, 6.07) is 3.50. The van der Waals surface area contributed by atoms with Gasteiger partial charge in [0.25, 0.3) is 5.91 Å². The van der Waals surface area contributed by atoms with Crippen molar-refractivity contribution >= 4 is 11.7 Å². The van der Waals surface area contributed by atoms with Crippen molar-refractivity contribution in [3.63, 3.8) is 0 Å². The Labute approximate surface area is 107 Å². The fourth-order valence-corrected chi connectivity index (χ4v) is 2.12. The second kappa shape index (κ2) is 5.35. The molecule has 1 N–H and O–H groups in total. The van der Waals surface area contributed by atoms with Crippen molar-refractivity contribution in [2.45, 2.75) is 18.9 Å². The summed E-state index contributed by atoms with van der Waals surface area (Å²) in [7, 11) is 3.78. The molecular weight excluding hydrogens is 230 g/mol. The fraction of sp³-hybridized carbons (Fsp3) is 0.538. The maximum absolute atomic E-state index is 12.3. The highest BCUT2D eigenvalue weighted by molar-refractivity contribution is 5.94. The van der Waals surface area contributed by atoms with E-state index in [-0.39, 0.29) is 5.91 Å². The normalized spacial score (nSPS) is 19.7. The Kier molecular flexibility index (Phi) is 3.81. The van der Waals surface area contributed by atoms with Gasteiger partial charge in [0.2, 0.25) is 0 Å². The number of rotatable bonds is 2. The number of carbonyl (C=O) groups is 1. The van der Waals surface area contributed by atoms with Crippen LogP contribution in [0.4, 0.5) is 5.82 Å². The van der Waals surface area contributed by atoms with Crippen LogP contribution in [0.15, 0.2) is 18.3 Å². The minimum absolute atomic E-state index is 0.0285. The predicted octanol–water partition coefficient (Wildman–Crippen LogP) is 0.744. The molecule has 0 unspecified atom stereocenters. The third-order valence-corrected chi connectivity index (χ3v) is 3.13. The molecule has 1 fully saturated rings. The molecule has 0 aromatic carbocycles. The topological polar surface area (TPSA) is 56.7 Å². The Morgan fingerprint density at radius 2 is 2.33 bits per heavy atom. The van der Waals surface area contributed by atoms with E-state index < -0.39 is 6.10 Å². The standard InChI is InChI=1S/C13H19N3O2/c1-15(2)12-8-10(5-6-14-12)13(18)16-7-3-4-11(17)9-16/h5-6,8,11,17H,3-4,7,9H2,1-2H3/t11-/m0/s1. The SMILES string of the molecule is CN(C)c1cc(C(=O)N2CCC[C@H](O)C2)ccn1. The average Bonchev–Trinajstić information content (AvgIpc) is 2.38. The predicted molar refractivity (Wildman–Crippen MR) is 69.7 cm³/mol. The molecule has 5 nitrogen and oxygen atoms in total. The molecule has 1 aliphatic heterocycles. The van der Waals surface area contributed by atoms with E-state index in [1.54, 1.807) is 23.2 Å². The Balaban J connectivity index is 2.15. The van der Waals surface area contributed by atoms with Crippen LogP contribution in [0, 0.1) is 0 Å². The van der Waals surface area contributed by atoms with Crippen molar-refractivity contribution in [1.82, 2.24) is 9.88 Å². The van der Waals surface area contributed by atoms with Crippen LogP contribution in [-0.4, -0.2) is 54.2 Å². The van der Waals surface area contributed by atoms with E-state index >= 15 is 0 Å². The van der Waals surface area contributed by atoms with Crippen LogP contribution in [0.1, 0.15) is 23.2 Å². The summed E-state index contributed by atoms with van der Waals surface area (Å²) in [6.07, 6.45) is 2.89. The average molecular weight is 249 g/mol. The smallest absolute Gasteiger partial charge is 0.254 e. The molecule has 0 spiro atoms. The highest BCUT2D eigenvalue weighted by atomic mass is 16.3. The maximum Gasteiger partial charge on any atom is 0.254 e. The number of nitrogens with zero attached hydrogens (tertiary/aromatic N) is 3. The first-order valence-electron chi connectivity index (χ1n) is 6.18.